The lowest BCUT2D eigenvalue weighted by Gasteiger charge is -2.38. The maximum Gasteiger partial charge on any atom is 0.143 e. The molecule has 2 nitrogen and oxygen atoms in total. The maximum atomic E-state index is 6.49. The highest BCUT2D eigenvalue weighted by Gasteiger charge is 2.39. The van der Waals surface area contributed by atoms with Gasteiger partial charge >= 0.3 is 0 Å². The number of para-hydroxylation sites is 1. The second kappa shape index (κ2) is 6.37. The molecule has 0 saturated carbocycles. The maximum absolute atomic E-state index is 6.49. The van der Waals surface area contributed by atoms with Crippen LogP contribution >= 0.6 is 11.6 Å². The van der Waals surface area contributed by atoms with E-state index in [1.165, 1.54) is 5.56 Å². The molecule has 0 bridgehead atoms. The van der Waals surface area contributed by atoms with Crippen molar-refractivity contribution in [2.75, 3.05) is 11.9 Å². The fraction of sp³-hybridized carbons (Fsp3) is 0.238. The Balaban J connectivity index is 1.79. The molecule has 0 fully saturated rings. The van der Waals surface area contributed by atoms with E-state index in [9.17, 15) is 0 Å². The van der Waals surface area contributed by atoms with E-state index in [0.717, 1.165) is 28.4 Å². The summed E-state index contributed by atoms with van der Waals surface area (Å²) in [5.41, 5.74) is 3.54. The number of nitrogens with one attached hydrogen (secondary N) is 1. The van der Waals surface area contributed by atoms with Crippen LogP contribution in [0.15, 0.2) is 67.3 Å². The van der Waals surface area contributed by atoms with Crippen molar-refractivity contribution in [1.29, 1.82) is 0 Å². The average Bonchev–Trinajstić information content (AvgIpc) is 3.10. The number of anilines is 1. The summed E-state index contributed by atoms with van der Waals surface area (Å²) in [6.07, 6.45) is 7.44. The van der Waals surface area contributed by atoms with Gasteiger partial charge in [0.15, 0.2) is 0 Å². The van der Waals surface area contributed by atoms with E-state index in [1.807, 2.05) is 18.2 Å². The predicted molar refractivity (Wildman–Crippen MR) is 99.9 cm³/mol. The summed E-state index contributed by atoms with van der Waals surface area (Å²) in [5.74, 6) is 1.75. The third-order valence-corrected chi connectivity index (χ3v) is 5.30. The molecule has 24 heavy (non-hydrogen) atoms. The molecule has 1 N–H and O–H groups in total. The first-order valence-corrected chi connectivity index (χ1v) is 8.71. The standard InChI is InChI=1S/C21H20ClNO/c1-2-13-24-19-12-6-10-16-14-8-5-9-15(14)20(23-21(16)19)17-7-3-4-11-18(17)22/h2-8,10-12,14-15,20,23H,1,9,13H2. The number of fused-ring (bicyclic) bond motifs is 3. The van der Waals surface area contributed by atoms with Crippen LogP contribution in [0, 0.1) is 5.92 Å². The highest BCUT2D eigenvalue weighted by molar-refractivity contribution is 6.31. The summed E-state index contributed by atoms with van der Waals surface area (Å²) in [6, 6.07) is 14.6. The van der Waals surface area contributed by atoms with Gasteiger partial charge < -0.3 is 10.1 Å². The molecular formula is C21H20ClNO. The van der Waals surface area contributed by atoms with Crippen LogP contribution in [0.5, 0.6) is 5.75 Å². The second-order valence-corrected chi connectivity index (χ2v) is 6.72. The normalized spacial score (nSPS) is 24.0. The average molecular weight is 338 g/mol. The molecule has 3 atom stereocenters. The number of hydrogen-bond acceptors (Lipinski definition) is 2. The number of hydrogen-bond donors (Lipinski definition) is 1. The summed E-state index contributed by atoms with van der Waals surface area (Å²) in [4.78, 5) is 0. The van der Waals surface area contributed by atoms with Crippen molar-refractivity contribution in [2.45, 2.75) is 18.4 Å². The van der Waals surface area contributed by atoms with Crippen molar-refractivity contribution in [3.05, 3.63) is 83.4 Å². The Morgan fingerprint density at radius 3 is 2.83 bits per heavy atom. The highest BCUT2D eigenvalue weighted by atomic mass is 35.5. The van der Waals surface area contributed by atoms with Gasteiger partial charge in [-0.05, 0) is 35.6 Å². The number of allylic oxidation sites excluding steroid dienone is 2. The van der Waals surface area contributed by atoms with Gasteiger partial charge in [-0.25, -0.2) is 0 Å². The number of ether oxygens (including phenoxy) is 1. The van der Waals surface area contributed by atoms with Gasteiger partial charge in [0, 0.05) is 10.9 Å². The van der Waals surface area contributed by atoms with Gasteiger partial charge in [0.2, 0.25) is 0 Å². The van der Waals surface area contributed by atoms with E-state index in [4.69, 9.17) is 16.3 Å². The fourth-order valence-corrected chi connectivity index (χ4v) is 4.15. The summed E-state index contributed by atoms with van der Waals surface area (Å²) in [6.45, 7) is 4.24. The fourth-order valence-electron chi connectivity index (χ4n) is 3.90. The summed E-state index contributed by atoms with van der Waals surface area (Å²) in [7, 11) is 0. The quantitative estimate of drug-likeness (QED) is 0.719. The third-order valence-electron chi connectivity index (χ3n) is 4.96. The van der Waals surface area contributed by atoms with Gasteiger partial charge in [-0.1, -0.05) is 66.7 Å². The zero-order valence-corrected chi connectivity index (χ0v) is 14.2. The number of rotatable bonds is 4. The van der Waals surface area contributed by atoms with E-state index < -0.39 is 0 Å². The first kappa shape index (κ1) is 15.3. The Bertz CT molecular complexity index is 798. The molecule has 0 radical (unpaired) electrons. The highest BCUT2D eigenvalue weighted by Crippen LogP contribution is 2.52. The van der Waals surface area contributed by atoms with Crippen LogP contribution < -0.4 is 10.1 Å². The van der Waals surface area contributed by atoms with E-state index in [2.05, 4.69) is 48.3 Å². The molecule has 0 aromatic heterocycles. The van der Waals surface area contributed by atoms with Crippen LogP contribution in [0.2, 0.25) is 5.02 Å². The van der Waals surface area contributed by atoms with Crippen molar-refractivity contribution in [1.82, 2.24) is 0 Å². The molecule has 2 aliphatic rings. The van der Waals surface area contributed by atoms with Crippen LogP contribution in [0.3, 0.4) is 0 Å². The third kappa shape index (κ3) is 2.51. The Morgan fingerprint density at radius 2 is 2.00 bits per heavy atom. The molecule has 0 spiro atoms. The topological polar surface area (TPSA) is 21.3 Å². The Labute approximate surface area is 147 Å². The van der Waals surface area contributed by atoms with Crippen LogP contribution in [0.25, 0.3) is 0 Å². The zero-order valence-electron chi connectivity index (χ0n) is 13.4. The van der Waals surface area contributed by atoms with Gasteiger partial charge in [0.25, 0.3) is 0 Å². The van der Waals surface area contributed by atoms with Crippen molar-refractivity contribution < 1.29 is 4.74 Å². The molecule has 122 valence electrons. The molecule has 2 aromatic carbocycles. The van der Waals surface area contributed by atoms with Crippen LogP contribution in [0.4, 0.5) is 5.69 Å². The minimum absolute atomic E-state index is 0.180. The molecule has 4 rings (SSSR count). The lowest BCUT2D eigenvalue weighted by atomic mass is 9.77. The zero-order chi connectivity index (χ0) is 16.5. The van der Waals surface area contributed by atoms with Gasteiger partial charge in [-0.15, -0.1) is 0 Å². The first-order chi connectivity index (χ1) is 11.8. The van der Waals surface area contributed by atoms with E-state index in [-0.39, 0.29) is 6.04 Å². The predicted octanol–water partition coefficient (Wildman–Crippen LogP) is 5.73. The van der Waals surface area contributed by atoms with E-state index in [0.29, 0.717) is 18.4 Å². The minimum Gasteiger partial charge on any atom is -0.487 e. The summed E-state index contributed by atoms with van der Waals surface area (Å²) in [5, 5.41) is 4.53. The summed E-state index contributed by atoms with van der Waals surface area (Å²) >= 11 is 6.49. The number of benzene rings is 2. The van der Waals surface area contributed by atoms with Crippen LogP contribution in [-0.2, 0) is 0 Å². The molecule has 2 aromatic rings. The summed E-state index contributed by atoms with van der Waals surface area (Å²) < 4.78 is 5.88. The van der Waals surface area contributed by atoms with Crippen LogP contribution in [-0.4, -0.2) is 6.61 Å². The first-order valence-electron chi connectivity index (χ1n) is 8.34. The minimum atomic E-state index is 0.180. The lowest BCUT2D eigenvalue weighted by Crippen LogP contribution is -2.29. The number of halogens is 1. The van der Waals surface area contributed by atoms with Crippen LogP contribution in [0.1, 0.15) is 29.5 Å². The molecule has 1 aliphatic carbocycles. The Hall–Kier alpha value is -2.19. The molecule has 0 saturated heterocycles. The Morgan fingerprint density at radius 1 is 1.17 bits per heavy atom. The molecular weight excluding hydrogens is 318 g/mol. The largest absolute Gasteiger partial charge is 0.487 e. The molecule has 0 amide bonds. The molecule has 1 heterocycles. The Kier molecular flexibility index (Phi) is 4.07. The SMILES string of the molecule is C=CCOc1cccc2c1NC(c1ccccc1Cl)C1CC=CC21. The van der Waals surface area contributed by atoms with E-state index in [1.54, 1.807) is 6.08 Å². The van der Waals surface area contributed by atoms with Crippen molar-refractivity contribution in [2.24, 2.45) is 5.92 Å². The van der Waals surface area contributed by atoms with Gasteiger partial charge in [-0.3, -0.25) is 0 Å². The molecule has 3 unspecified atom stereocenters. The van der Waals surface area contributed by atoms with Gasteiger partial charge in [-0.2, -0.15) is 0 Å². The van der Waals surface area contributed by atoms with Crippen molar-refractivity contribution >= 4 is 17.3 Å². The lowest BCUT2D eigenvalue weighted by molar-refractivity contribution is 0.358. The second-order valence-electron chi connectivity index (χ2n) is 6.32. The van der Waals surface area contributed by atoms with Crippen molar-refractivity contribution in [3.63, 3.8) is 0 Å². The van der Waals surface area contributed by atoms with Gasteiger partial charge in [0.05, 0.1) is 11.7 Å². The molecule has 3 heteroatoms. The monoisotopic (exact) mass is 337 g/mol. The van der Waals surface area contributed by atoms with Crippen molar-refractivity contribution in [3.8, 4) is 5.75 Å². The molecule has 1 aliphatic heterocycles. The van der Waals surface area contributed by atoms with Gasteiger partial charge in [0.1, 0.15) is 12.4 Å². The van der Waals surface area contributed by atoms with E-state index >= 15 is 0 Å². The smallest absolute Gasteiger partial charge is 0.143 e.